The molecule has 4 heteroatoms. The van der Waals surface area contributed by atoms with Gasteiger partial charge in [-0.25, -0.2) is 0 Å². The van der Waals surface area contributed by atoms with E-state index in [4.69, 9.17) is 10.5 Å². The molecule has 3 N–H and O–H groups in total. The highest BCUT2D eigenvalue weighted by molar-refractivity contribution is 5.93. The molecule has 86 valence electrons. The minimum Gasteiger partial charge on any atom is -0.495 e. The highest BCUT2D eigenvalue weighted by Gasteiger charge is 2.20. The lowest BCUT2D eigenvalue weighted by Gasteiger charge is -2.09. The van der Waals surface area contributed by atoms with Crippen LogP contribution in [0.5, 0.6) is 5.75 Å². The van der Waals surface area contributed by atoms with Gasteiger partial charge in [-0.2, -0.15) is 0 Å². The molecule has 0 saturated heterocycles. The molecule has 0 atom stereocenters. The van der Waals surface area contributed by atoms with Crippen LogP contribution in [0.1, 0.15) is 12.8 Å². The zero-order chi connectivity index (χ0) is 11.4. The molecule has 0 radical (unpaired) electrons. The van der Waals surface area contributed by atoms with Crippen molar-refractivity contribution in [3.05, 3.63) is 24.3 Å². The highest BCUT2D eigenvalue weighted by atomic mass is 16.5. The van der Waals surface area contributed by atoms with Crippen LogP contribution < -0.4 is 15.8 Å². The number of methoxy groups -OCH3 is 1. The first-order valence-corrected chi connectivity index (χ1v) is 5.49. The second-order valence-corrected chi connectivity index (χ2v) is 3.99. The molecule has 1 saturated carbocycles. The van der Waals surface area contributed by atoms with Crippen molar-refractivity contribution < 1.29 is 4.74 Å². The molecule has 16 heavy (non-hydrogen) atoms. The summed E-state index contributed by atoms with van der Waals surface area (Å²) in [7, 11) is 1.64. The number of ether oxygens (including phenoxy) is 1. The lowest BCUT2D eigenvalue weighted by molar-refractivity contribution is 0.417. The minimum absolute atomic E-state index is 0.455. The zero-order valence-corrected chi connectivity index (χ0v) is 9.44. The topological polar surface area (TPSA) is 59.6 Å². The molecule has 1 fully saturated rings. The summed E-state index contributed by atoms with van der Waals surface area (Å²) in [6.07, 6.45) is 2.57. The van der Waals surface area contributed by atoms with Gasteiger partial charge in [-0.3, -0.25) is 4.99 Å². The van der Waals surface area contributed by atoms with Gasteiger partial charge in [-0.05, 0) is 30.9 Å². The van der Waals surface area contributed by atoms with Crippen LogP contribution in [0, 0.1) is 5.92 Å². The van der Waals surface area contributed by atoms with Crippen molar-refractivity contribution in [1.82, 2.24) is 0 Å². The van der Waals surface area contributed by atoms with E-state index in [1.165, 1.54) is 12.8 Å². The molecule has 1 aliphatic rings. The van der Waals surface area contributed by atoms with E-state index >= 15 is 0 Å². The number of nitrogens with two attached hydrogens (primary N) is 1. The number of hydrogen-bond acceptors (Lipinski definition) is 2. The second-order valence-electron chi connectivity index (χ2n) is 3.99. The van der Waals surface area contributed by atoms with Crippen LogP contribution in [0.25, 0.3) is 0 Å². The van der Waals surface area contributed by atoms with Crippen molar-refractivity contribution in [2.24, 2.45) is 16.6 Å². The Kier molecular flexibility index (Phi) is 3.29. The smallest absolute Gasteiger partial charge is 0.193 e. The molecule has 1 aliphatic carbocycles. The van der Waals surface area contributed by atoms with Gasteiger partial charge in [0.05, 0.1) is 12.8 Å². The van der Waals surface area contributed by atoms with E-state index in [0.717, 1.165) is 23.9 Å². The number of rotatable bonds is 4. The molecular weight excluding hydrogens is 202 g/mol. The van der Waals surface area contributed by atoms with E-state index < -0.39 is 0 Å². The van der Waals surface area contributed by atoms with Crippen LogP contribution in [-0.2, 0) is 0 Å². The Morgan fingerprint density at radius 3 is 2.94 bits per heavy atom. The maximum absolute atomic E-state index is 5.79. The van der Waals surface area contributed by atoms with Crippen molar-refractivity contribution in [3.63, 3.8) is 0 Å². The van der Waals surface area contributed by atoms with Gasteiger partial charge in [0.25, 0.3) is 0 Å². The number of aliphatic imine (C=N–C) groups is 1. The van der Waals surface area contributed by atoms with Gasteiger partial charge in [0, 0.05) is 6.54 Å². The summed E-state index contributed by atoms with van der Waals surface area (Å²) < 4.78 is 5.21. The fourth-order valence-electron chi connectivity index (χ4n) is 1.45. The predicted octanol–water partition coefficient (Wildman–Crippen LogP) is 1.83. The van der Waals surface area contributed by atoms with Crippen molar-refractivity contribution in [2.75, 3.05) is 19.0 Å². The van der Waals surface area contributed by atoms with Crippen LogP contribution >= 0.6 is 0 Å². The number of nitrogens with zero attached hydrogens (tertiary/aromatic N) is 1. The van der Waals surface area contributed by atoms with E-state index in [1.807, 2.05) is 24.3 Å². The Bertz CT molecular complexity index is 386. The van der Waals surface area contributed by atoms with Gasteiger partial charge in [0.15, 0.2) is 5.96 Å². The summed E-state index contributed by atoms with van der Waals surface area (Å²) in [5.41, 5.74) is 6.64. The maximum atomic E-state index is 5.79. The summed E-state index contributed by atoms with van der Waals surface area (Å²) in [6, 6.07) is 7.65. The number of guanidine groups is 1. The predicted molar refractivity (Wildman–Crippen MR) is 65.8 cm³/mol. The number of benzene rings is 1. The van der Waals surface area contributed by atoms with E-state index in [0.29, 0.717) is 5.96 Å². The summed E-state index contributed by atoms with van der Waals surface area (Å²) in [5, 5.41) is 3.05. The Morgan fingerprint density at radius 1 is 1.50 bits per heavy atom. The van der Waals surface area contributed by atoms with Crippen LogP contribution in [0.4, 0.5) is 5.69 Å². The van der Waals surface area contributed by atoms with Gasteiger partial charge in [-0.15, -0.1) is 0 Å². The molecule has 0 spiro atoms. The second kappa shape index (κ2) is 4.88. The fraction of sp³-hybridized carbons (Fsp3) is 0.417. The first kappa shape index (κ1) is 10.8. The Balaban J connectivity index is 1.98. The maximum Gasteiger partial charge on any atom is 0.193 e. The first-order chi connectivity index (χ1) is 7.79. The Hall–Kier alpha value is -1.71. The van der Waals surface area contributed by atoms with E-state index in [2.05, 4.69) is 10.3 Å². The van der Waals surface area contributed by atoms with Crippen LogP contribution in [0.2, 0.25) is 0 Å². The minimum atomic E-state index is 0.455. The zero-order valence-electron chi connectivity index (χ0n) is 9.44. The van der Waals surface area contributed by atoms with Crippen molar-refractivity contribution in [1.29, 1.82) is 0 Å². The lowest BCUT2D eigenvalue weighted by atomic mass is 10.3. The SMILES string of the molecule is COc1ccccc1NC(N)=NCC1CC1. The third-order valence-corrected chi connectivity index (χ3v) is 2.59. The molecule has 2 rings (SSSR count). The third kappa shape index (κ3) is 2.89. The summed E-state index contributed by atoms with van der Waals surface area (Å²) in [6.45, 7) is 0.827. The molecule has 0 amide bonds. The Morgan fingerprint density at radius 2 is 2.25 bits per heavy atom. The molecule has 0 heterocycles. The molecule has 0 bridgehead atoms. The van der Waals surface area contributed by atoms with Gasteiger partial charge in [0.2, 0.25) is 0 Å². The number of nitrogens with one attached hydrogen (secondary N) is 1. The molecule has 4 nitrogen and oxygen atoms in total. The van der Waals surface area contributed by atoms with Crippen LogP contribution in [0.15, 0.2) is 29.3 Å². The molecule has 1 aromatic carbocycles. The third-order valence-electron chi connectivity index (χ3n) is 2.59. The Labute approximate surface area is 95.5 Å². The summed E-state index contributed by atoms with van der Waals surface area (Å²) >= 11 is 0. The van der Waals surface area contributed by atoms with Crippen LogP contribution in [0.3, 0.4) is 0 Å². The summed E-state index contributed by atoms with van der Waals surface area (Å²) in [5.74, 6) is 1.97. The van der Waals surface area contributed by atoms with E-state index in [-0.39, 0.29) is 0 Å². The molecule has 1 aromatic rings. The van der Waals surface area contributed by atoms with Gasteiger partial charge >= 0.3 is 0 Å². The first-order valence-electron chi connectivity index (χ1n) is 5.49. The van der Waals surface area contributed by atoms with Crippen molar-refractivity contribution >= 4 is 11.6 Å². The van der Waals surface area contributed by atoms with E-state index in [1.54, 1.807) is 7.11 Å². The van der Waals surface area contributed by atoms with Gasteiger partial charge in [-0.1, -0.05) is 12.1 Å². The molecule has 0 unspecified atom stereocenters. The standard InChI is InChI=1S/C12H17N3O/c1-16-11-5-3-2-4-10(11)15-12(13)14-8-9-6-7-9/h2-5,9H,6-8H2,1H3,(H3,13,14,15). The molecular formula is C12H17N3O. The van der Waals surface area contributed by atoms with Crippen molar-refractivity contribution in [2.45, 2.75) is 12.8 Å². The molecule has 0 aliphatic heterocycles. The number of hydrogen-bond donors (Lipinski definition) is 2. The summed E-state index contributed by atoms with van der Waals surface area (Å²) in [4.78, 5) is 4.28. The van der Waals surface area contributed by atoms with Crippen LogP contribution in [-0.4, -0.2) is 19.6 Å². The monoisotopic (exact) mass is 219 g/mol. The largest absolute Gasteiger partial charge is 0.495 e. The number of para-hydroxylation sites is 2. The average molecular weight is 219 g/mol. The highest BCUT2D eigenvalue weighted by Crippen LogP contribution is 2.29. The van der Waals surface area contributed by atoms with E-state index in [9.17, 15) is 0 Å². The average Bonchev–Trinajstić information content (AvgIpc) is 3.11. The lowest BCUT2D eigenvalue weighted by Crippen LogP contribution is -2.23. The quantitative estimate of drug-likeness (QED) is 0.600. The molecule has 0 aromatic heterocycles. The number of anilines is 1. The van der Waals surface area contributed by atoms with Crippen molar-refractivity contribution in [3.8, 4) is 5.75 Å². The fourth-order valence-corrected chi connectivity index (χ4v) is 1.45. The normalized spacial score (nSPS) is 15.9. The van der Waals surface area contributed by atoms with Gasteiger partial charge < -0.3 is 15.8 Å². The van der Waals surface area contributed by atoms with Gasteiger partial charge in [0.1, 0.15) is 5.75 Å².